The van der Waals surface area contributed by atoms with Crippen molar-refractivity contribution in [3.8, 4) is 0 Å². The van der Waals surface area contributed by atoms with Crippen LogP contribution in [0.4, 0.5) is 0 Å². The summed E-state index contributed by atoms with van der Waals surface area (Å²) in [5.41, 5.74) is 1.58. The van der Waals surface area contributed by atoms with Crippen LogP contribution in [0.5, 0.6) is 0 Å². The number of hydrogen-bond donors (Lipinski definition) is 1. The lowest BCUT2D eigenvalue weighted by atomic mass is 10.1. The van der Waals surface area contributed by atoms with Gasteiger partial charge in [-0.25, -0.2) is 0 Å². The normalized spacial score (nSPS) is 18.5. The highest BCUT2D eigenvalue weighted by Crippen LogP contribution is 2.18. The van der Waals surface area contributed by atoms with Gasteiger partial charge in [-0.3, -0.25) is 14.7 Å². The van der Waals surface area contributed by atoms with Crippen molar-refractivity contribution in [2.24, 2.45) is 0 Å². The molecule has 1 aliphatic heterocycles. The molecule has 1 aliphatic rings. The first-order chi connectivity index (χ1) is 11.7. The van der Waals surface area contributed by atoms with E-state index in [-0.39, 0.29) is 17.9 Å². The van der Waals surface area contributed by atoms with Crippen molar-refractivity contribution >= 4 is 11.8 Å². The maximum Gasteiger partial charge on any atom is 0.271 e. The van der Waals surface area contributed by atoms with E-state index >= 15 is 0 Å². The van der Waals surface area contributed by atoms with E-state index in [1.165, 1.54) is 0 Å². The second kappa shape index (κ2) is 7.29. The number of nitrogens with one attached hydrogen (secondary N) is 1. The molecule has 6 heteroatoms. The van der Waals surface area contributed by atoms with Crippen LogP contribution >= 0.6 is 0 Å². The quantitative estimate of drug-likeness (QED) is 0.935. The van der Waals surface area contributed by atoms with Crippen LogP contribution in [0.1, 0.15) is 35.8 Å². The smallest absolute Gasteiger partial charge is 0.271 e. The molecular weight excluding hydrogens is 304 g/mol. The van der Waals surface area contributed by atoms with Gasteiger partial charge in [0.1, 0.15) is 5.69 Å². The molecule has 0 radical (unpaired) electrons. The molecule has 2 aromatic rings. The highest BCUT2D eigenvalue weighted by atomic mass is 16.2. The fourth-order valence-electron chi connectivity index (χ4n) is 3.10. The van der Waals surface area contributed by atoms with Gasteiger partial charge in [-0.05, 0) is 18.1 Å². The number of aromatic nitrogens is 2. The van der Waals surface area contributed by atoms with Crippen LogP contribution in [0.3, 0.4) is 0 Å². The van der Waals surface area contributed by atoms with Crippen LogP contribution in [-0.2, 0) is 11.3 Å². The van der Waals surface area contributed by atoms with Gasteiger partial charge in [-0.1, -0.05) is 37.3 Å². The van der Waals surface area contributed by atoms with Crippen molar-refractivity contribution < 1.29 is 9.59 Å². The lowest BCUT2D eigenvalue weighted by molar-refractivity contribution is -0.133. The fourth-order valence-corrected chi connectivity index (χ4v) is 3.10. The summed E-state index contributed by atoms with van der Waals surface area (Å²) >= 11 is 0. The Morgan fingerprint density at radius 2 is 2.08 bits per heavy atom. The number of aromatic amines is 1. The molecule has 0 bridgehead atoms. The van der Waals surface area contributed by atoms with Gasteiger partial charge < -0.3 is 9.80 Å². The van der Waals surface area contributed by atoms with Gasteiger partial charge in [0, 0.05) is 38.3 Å². The van der Waals surface area contributed by atoms with E-state index in [2.05, 4.69) is 17.1 Å². The number of benzene rings is 1. The third-order valence-electron chi connectivity index (χ3n) is 4.47. The van der Waals surface area contributed by atoms with Gasteiger partial charge in [0.05, 0.1) is 0 Å². The maximum absolute atomic E-state index is 12.6. The first-order valence-electron chi connectivity index (χ1n) is 8.31. The zero-order valence-corrected chi connectivity index (χ0v) is 13.8. The summed E-state index contributed by atoms with van der Waals surface area (Å²) in [6.07, 6.45) is 2.73. The molecule has 1 aromatic heterocycles. The lowest BCUT2D eigenvalue weighted by Crippen LogP contribution is -2.43. The van der Waals surface area contributed by atoms with Gasteiger partial charge in [0.2, 0.25) is 5.91 Å². The van der Waals surface area contributed by atoms with Crippen molar-refractivity contribution in [2.45, 2.75) is 32.4 Å². The maximum atomic E-state index is 12.6. The highest BCUT2D eigenvalue weighted by Gasteiger charge is 2.31. The monoisotopic (exact) mass is 326 g/mol. The summed E-state index contributed by atoms with van der Waals surface area (Å²) in [5.74, 6) is 0.00549. The first-order valence-corrected chi connectivity index (χ1v) is 8.31. The number of nitrogens with zero attached hydrogens (tertiary/aromatic N) is 3. The Hall–Kier alpha value is -2.63. The Kier molecular flexibility index (Phi) is 4.93. The largest absolute Gasteiger partial charge is 0.335 e. The van der Waals surface area contributed by atoms with E-state index in [4.69, 9.17) is 0 Å². The summed E-state index contributed by atoms with van der Waals surface area (Å²) in [4.78, 5) is 28.8. The molecule has 6 nitrogen and oxygen atoms in total. The van der Waals surface area contributed by atoms with E-state index in [0.29, 0.717) is 31.7 Å². The minimum absolute atomic E-state index is 0.0204. The summed E-state index contributed by atoms with van der Waals surface area (Å²) in [7, 11) is 0. The molecule has 2 amide bonds. The topological polar surface area (TPSA) is 69.3 Å². The molecule has 3 rings (SSSR count). The number of amides is 2. The van der Waals surface area contributed by atoms with Gasteiger partial charge >= 0.3 is 0 Å². The predicted molar refractivity (Wildman–Crippen MR) is 90.2 cm³/mol. The van der Waals surface area contributed by atoms with Gasteiger partial charge in [0.15, 0.2) is 0 Å². The summed E-state index contributed by atoms with van der Waals surface area (Å²) in [5, 5.41) is 6.55. The molecule has 126 valence electrons. The summed E-state index contributed by atoms with van der Waals surface area (Å²) in [6.45, 7) is 3.63. The molecule has 24 heavy (non-hydrogen) atoms. The number of carbonyl (C=O) groups is 2. The highest BCUT2D eigenvalue weighted by molar-refractivity contribution is 5.92. The van der Waals surface area contributed by atoms with Gasteiger partial charge in [-0.15, -0.1) is 0 Å². The van der Waals surface area contributed by atoms with Crippen LogP contribution in [0, 0.1) is 0 Å². The van der Waals surface area contributed by atoms with Gasteiger partial charge in [-0.2, -0.15) is 5.10 Å². The molecule has 1 saturated heterocycles. The molecule has 0 aliphatic carbocycles. The van der Waals surface area contributed by atoms with Gasteiger partial charge in [0.25, 0.3) is 5.91 Å². The predicted octanol–water partition coefficient (Wildman–Crippen LogP) is 2.06. The zero-order valence-electron chi connectivity index (χ0n) is 13.8. The second-order valence-electron chi connectivity index (χ2n) is 6.04. The Labute approximate surface area is 141 Å². The van der Waals surface area contributed by atoms with Crippen molar-refractivity contribution in [3.63, 3.8) is 0 Å². The van der Waals surface area contributed by atoms with Crippen LogP contribution in [0.25, 0.3) is 0 Å². The van der Waals surface area contributed by atoms with E-state index in [1.54, 1.807) is 17.2 Å². The van der Waals surface area contributed by atoms with Crippen LogP contribution in [-0.4, -0.2) is 50.9 Å². The molecule has 2 heterocycles. The van der Waals surface area contributed by atoms with Crippen molar-refractivity contribution in [1.82, 2.24) is 20.0 Å². The van der Waals surface area contributed by atoms with E-state index in [9.17, 15) is 9.59 Å². The zero-order chi connectivity index (χ0) is 16.9. The molecule has 1 fully saturated rings. The first kappa shape index (κ1) is 16.2. The van der Waals surface area contributed by atoms with E-state index in [0.717, 1.165) is 12.0 Å². The molecule has 1 N–H and O–H groups in total. The minimum atomic E-state index is -0.0969. The number of H-pyrrole nitrogens is 1. The molecule has 0 saturated carbocycles. The van der Waals surface area contributed by atoms with Crippen LogP contribution in [0.15, 0.2) is 42.6 Å². The second-order valence-corrected chi connectivity index (χ2v) is 6.04. The summed E-state index contributed by atoms with van der Waals surface area (Å²) in [6, 6.07) is 11.7. The van der Waals surface area contributed by atoms with Crippen LogP contribution in [0.2, 0.25) is 0 Å². The Balaban J connectivity index is 1.77. The van der Waals surface area contributed by atoms with Crippen molar-refractivity contribution in [1.29, 1.82) is 0 Å². The Morgan fingerprint density at radius 3 is 2.75 bits per heavy atom. The average Bonchev–Trinajstić information content (AvgIpc) is 3.10. The van der Waals surface area contributed by atoms with Crippen LogP contribution < -0.4 is 0 Å². The standard InChI is InChI=1S/C18H22N4O2/c1-2-15-13-21(18(24)16-8-10-19-20-16)11-9-17(23)22(15)12-14-6-4-3-5-7-14/h3-8,10,15H,2,9,11-13H2,1H3,(H,19,20)/t15-/m1/s1. The molecule has 0 unspecified atom stereocenters. The molecule has 1 atom stereocenters. The minimum Gasteiger partial charge on any atom is -0.335 e. The van der Waals surface area contributed by atoms with E-state index in [1.807, 2.05) is 35.2 Å². The Morgan fingerprint density at radius 1 is 1.29 bits per heavy atom. The SMILES string of the molecule is CC[C@@H]1CN(C(=O)c2ccn[nH]2)CCC(=O)N1Cc1ccccc1. The number of rotatable bonds is 4. The Bertz CT molecular complexity index is 684. The molecular formula is C18H22N4O2. The van der Waals surface area contributed by atoms with Crippen molar-refractivity contribution in [3.05, 3.63) is 53.9 Å². The lowest BCUT2D eigenvalue weighted by Gasteiger charge is -2.31. The summed E-state index contributed by atoms with van der Waals surface area (Å²) < 4.78 is 0. The average molecular weight is 326 g/mol. The number of hydrogen-bond acceptors (Lipinski definition) is 3. The number of carbonyl (C=O) groups excluding carboxylic acids is 2. The van der Waals surface area contributed by atoms with E-state index < -0.39 is 0 Å². The molecule has 1 aromatic carbocycles. The third-order valence-corrected chi connectivity index (χ3v) is 4.47. The third kappa shape index (κ3) is 3.48. The molecule has 0 spiro atoms. The van der Waals surface area contributed by atoms with Crippen molar-refractivity contribution in [2.75, 3.05) is 13.1 Å². The fraction of sp³-hybridized carbons (Fsp3) is 0.389.